The lowest BCUT2D eigenvalue weighted by atomic mass is 10.2. The van der Waals surface area contributed by atoms with Crippen LogP contribution in [0.3, 0.4) is 0 Å². The van der Waals surface area contributed by atoms with E-state index in [0.717, 1.165) is 13.1 Å². The number of likely N-dealkylation sites (N-methyl/N-ethyl adjacent to an activating group) is 1. The van der Waals surface area contributed by atoms with Gasteiger partial charge in [0.15, 0.2) is 0 Å². The SMILES string of the molecule is CN(c1cccnc1)C1CCNC1. The highest BCUT2D eigenvalue weighted by atomic mass is 15.2. The summed E-state index contributed by atoms with van der Waals surface area (Å²) >= 11 is 0. The zero-order chi connectivity index (χ0) is 9.10. The van der Waals surface area contributed by atoms with Crippen molar-refractivity contribution in [2.24, 2.45) is 0 Å². The van der Waals surface area contributed by atoms with Crippen LogP contribution in [-0.4, -0.2) is 31.2 Å². The van der Waals surface area contributed by atoms with Crippen molar-refractivity contribution in [3.63, 3.8) is 0 Å². The number of nitrogens with zero attached hydrogens (tertiary/aromatic N) is 2. The number of hydrogen-bond donors (Lipinski definition) is 1. The lowest BCUT2D eigenvalue weighted by Crippen LogP contribution is -2.33. The van der Waals surface area contributed by atoms with E-state index in [4.69, 9.17) is 0 Å². The van der Waals surface area contributed by atoms with Crippen LogP contribution in [0.15, 0.2) is 24.5 Å². The summed E-state index contributed by atoms with van der Waals surface area (Å²) in [6.07, 6.45) is 4.95. The van der Waals surface area contributed by atoms with Crippen molar-refractivity contribution in [1.29, 1.82) is 0 Å². The smallest absolute Gasteiger partial charge is 0.0553 e. The number of rotatable bonds is 2. The zero-order valence-electron chi connectivity index (χ0n) is 7.90. The molecule has 1 atom stereocenters. The molecule has 0 bridgehead atoms. The Morgan fingerprint density at radius 3 is 3.15 bits per heavy atom. The lowest BCUT2D eigenvalue weighted by molar-refractivity contribution is 0.684. The molecule has 1 aromatic heterocycles. The van der Waals surface area contributed by atoms with Gasteiger partial charge in [0, 0.05) is 25.8 Å². The van der Waals surface area contributed by atoms with Gasteiger partial charge in [0.2, 0.25) is 0 Å². The predicted octanol–water partition coefficient (Wildman–Crippen LogP) is 0.880. The second kappa shape index (κ2) is 3.75. The third-order valence-electron chi connectivity index (χ3n) is 2.64. The van der Waals surface area contributed by atoms with Gasteiger partial charge in [-0.05, 0) is 25.1 Å². The van der Waals surface area contributed by atoms with E-state index in [-0.39, 0.29) is 0 Å². The quantitative estimate of drug-likeness (QED) is 0.727. The second-order valence-corrected chi connectivity index (χ2v) is 3.47. The van der Waals surface area contributed by atoms with Gasteiger partial charge in [-0.2, -0.15) is 0 Å². The molecule has 0 spiro atoms. The molecule has 1 aliphatic rings. The Labute approximate surface area is 78.8 Å². The fourth-order valence-corrected chi connectivity index (χ4v) is 1.74. The Kier molecular flexibility index (Phi) is 2.45. The van der Waals surface area contributed by atoms with E-state index < -0.39 is 0 Å². The molecule has 1 aromatic rings. The standard InChI is InChI=1S/C10H15N3/c1-13(10-4-6-12-8-10)9-3-2-5-11-7-9/h2-3,5,7,10,12H,4,6,8H2,1H3. The minimum atomic E-state index is 0.629. The zero-order valence-corrected chi connectivity index (χ0v) is 7.90. The summed E-state index contributed by atoms with van der Waals surface area (Å²) < 4.78 is 0. The molecule has 1 unspecified atom stereocenters. The predicted molar refractivity (Wildman–Crippen MR) is 53.9 cm³/mol. The molecular formula is C10H15N3. The summed E-state index contributed by atoms with van der Waals surface area (Å²) in [7, 11) is 2.13. The number of hydrogen-bond acceptors (Lipinski definition) is 3. The highest BCUT2D eigenvalue weighted by molar-refractivity contribution is 5.44. The van der Waals surface area contributed by atoms with E-state index in [0.29, 0.717) is 6.04 Å². The molecule has 3 nitrogen and oxygen atoms in total. The molecule has 0 radical (unpaired) electrons. The van der Waals surface area contributed by atoms with Gasteiger partial charge in [0.1, 0.15) is 0 Å². The van der Waals surface area contributed by atoms with Crippen LogP contribution in [0.25, 0.3) is 0 Å². The second-order valence-electron chi connectivity index (χ2n) is 3.47. The molecule has 13 heavy (non-hydrogen) atoms. The third-order valence-corrected chi connectivity index (χ3v) is 2.64. The van der Waals surface area contributed by atoms with Crippen LogP contribution in [0.1, 0.15) is 6.42 Å². The van der Waals surface area contributed by atoms with Gasteiger partial charge in [-0.25, -0.2) is 0 Å². The number of nitrogens with one attached hydrogen (secondary N) is 1. The average molecular weight is 177 g/mol. The average Bonchev–Trinajstić information content (AvgIpc) is 2.71. The van der Waals surface area contributed by atoms with Crippen molar-refractivity contribution in [2.75, 3.05) is 25.0 Å². The van der Waals surface area contributed by atoms with Gasteiger partial charge in [-0.1, -0.05) is 0 Å². The van der Waals surface area contributed by atoms with Gasteiger partial charge in [-0.3, -0.25) is 4.98 Å². The molecule has 2 heterocycles. The molecule has 70 valence electrons. The molecule has 3 heteroatoms. The van der Waals surface area contributed by atoms with E-state index in [1.54, 1.807) is 0 Å². The van der Waals surface area contributed by atoms with Crippen molar-refractivity contribution in [2.45, 2.75) is 12.5 Å². The Balaban J connectivity index is 2.08. The number of pyridine rings is 1. The molecule has 1 N–H and O–H groups in total. The summed E-state index contributed by atoms with van der Waals surface area (Å²) in [6.45, 7) is 2.22. The summed E-state index contributed by atoms with van der Waals surface area (Å²) in [5.74, 6) is 0. The van der Waals surface area contributed by atoms with Crippen molar-refractivity contribution < 1.29 is 0 Å². The molecule has 0 saturated carbocycles. The highest BCUT2D eigenvalue weighted by Gasteiger charge is 2.18. The van der Waals surface area contributed by atoms with Crippen LogP contribution >= 0.6 is 0 Å². The van der Waals surface area contributed by atoms with Crippen LogP contribution in [0.4, 0.5) is 5.69 Å². The van der Waals surface area contributed by atoms with Gasteiger partial charge in [0.05, 0.1) is 11.9 Å². The summed E-state index contributed by atoms with van der Waals surface area (Å²) in [5.41, 5.74) is 1.20. The van der Waals surface area contributed by atoms with Crippen LogP contribution in [0, 0.1) is 0 Å². The maximum atomic E-state index is 4.12. The number of anilines is 1. The van der Waals surface area contributed by atoms with E-state index in [9.17, 15) is 0 Å². The molecule has 2 rings (SSSR count). The van der Waals surface area contributed by atoms with E-state index in [1.165, 1.54) is 12.1 Å². The van der Waals surface area contributed by atoms with Gasteiger partial charge in [-0.15, -0.1) is 0 Å². The van der Waals surface area contributed by atoms with Crippen molar-refractivity contribution in [1.82, 2.24) is 10.3 Å². The largest absolute Gasteiger partial charge is 0.369 e. The van der Waals surface area contributed by atoms with E-state index in [1.807, 2.05) is 18.5 Å². The monoisotopic (exact) mass is 177 g/mol. The Morgan fingerprint density at radius 1 is 1.62 bits per heavy atom. The Morgan fingerprint density at radius 2 is 2.54 bits per heavy atom. The fraction of sp³-hybridized carbons (Fsp3) is 0.500. The summed E-state index contributed by atoms with van der Waals surface area (Å²) in [5, 5.41) is 3.36. The van der Waals surface area contributed by atoms with Crippen LogP contribution in [-0.2, 0) is 0 Å². The van der Waals surface area contributed by atoms with E-state index >= 15 is 0 Å². The molecular weight excluding hydrogens is 162 g/mol. The molecule has 0 amide bonds. The third kappa shape index (κ3) is 1.80. The lowest BCUT2D eigenvalue weighted by Gasteiger charge is -2.25. The topological polar surface area (TPSA) is 28.2 Å². The minimum absolute atomic E-state index is 0.629. The first-order chi connectivity index (χ1) is 6.38. The fourth-order valence-electron chi connectivity index (χ4n) is 1.74. The molecule has 1 saturated heterocycles. The first-order valence-electron chi connectivity index (χ1n) is 4.71. The summed E-state index contributed by atoms with van der Waals surface area (Å²) in [4.78, 5) is 6.41. The normalized spacial score (nSPS) is 21.8. The van der Waals surface area contributed by atoms with Crippen molar-refractivity contribution in [3.05, 3.63) is 24.5 Å². The molecule has 0 aromatic carbocycles. The first kappa shape index (κ1) is 8.51. The number of aromatic nitrogens is 1. The molecule has 1 aliphatic heterocycles. The van der Waals surface area contributed by atoms with Crippen molar-refractivity contribution >= 4 is 5.69 Å². The van der Waals surface area contributed by atoms with Gasteiger partial charge in [0.25, 0.3) is 0 Å². The van der Waals surface area contributed by atoms with Gasteiger partial charge >= 0.3 is 0 Å². The maximum Gasteiger partial charge on any atom is 0.0553 e. The van der Waals surface area contributed by atoms with Crippen LogP contribution < -0.4 is 10.2 Å². The maximum absolute atomic E-state index is 4.12. The van der Waals surface area contributed by atoms with E-state index in [2.05, 4.69) is 28.3 Å². The summed E-state index contributed by atoms with van der Waals surface area (Å²) in [6, 6.07) is 4.71. The van der Waals surface area contributed by atoms with Gasteiger partial charge < -0.3 is 10.2 Å². The Hall–Kier alpha value is -1.09. The highest BCUT2D eigenvalue weighted by Crippen LogP contribution is 2.16. The Bertz CT molecular complexity index is 254. The molecule has 1 fully saturated rings. The minimum Gasteiger partial charge on any atom is -0.369 e. The first-order valence-corrected chi connectivity index (χ1v) is 4.71. The van der Waals surface area contributed by atoms with Crippen LogP contribution in [0.5, 0.6) is 0 Å². The van der Waals surface area contributed by atoms with Crippen LogP contribution in [0.2, 0.25) is 0 Å². The van der Waals surface area contributed by atoms with Crippen molar-refractivity contribution in [3.8, 4) is 0 Å². The molecule has 0 aliphatic carbocycles.